The van der Waals surface area contributed by atoms with Gasteiger partial charge in [-0.2, -0.15) is 0 Å². The molecular weight excluding hydrogens is 483 g/mol. The van der Waals surface area contributed by atoms with Gasteiger partial charge in [0.05, 0.1) is 22.4 Å². The lowest BCUT2D eigenvalue weighted by Crippen LogP contribution is -2.43. The minimum Gasteiger partial charge on any atom is -0.406 e. The van der Waals surface area contributed by atoms with Crippen molar-refractivity contribution in [3.8, 4) is 0 Å². The minimum absolute atomic E-state index is 0.391. The summed E-state index contributed by atoms with van der Waals surface area (Å²) in [6.45, 7) is 5.51. The molecule has 184 valence electrons. The maximum Gasteiger partial charge on any atom is 0.417 e. The molecule has 0 unspecified atom stereocenters. The van der Waals surface area contributed by atoms with Crippen LogP contribution in [0.25, 0.3) is 22.2 Å². The molecule has 12 heteroatoms. The average molecular weight is 511 g/mol. The molecule has 0 saturated carbocycles. The highest BCUT2D eigenvalue weighted by Crippen LogP contribution is 2.24. The van der Waals surface area contributed by atoms with Gasteiger partial charge in [-0.15, -0.1) is 23.2 Å². The van der Waals surface area contributed by atoms with Crippen LogP contribution in [0.3, 0.4) is 0 Å². The highest BCUT2D eigenvalue weighted by atomic mass is 35.5. The molecule has 10 nitrogen and oxygen atoms in total. The van der Waals surface area contributed by atoms with Crippen molar-refractivity contribution in [3.63, 3.8) is 0 Å². The number of hydrogen-bond acceptors (Lipinski definition) is 8. The van der Waals surface area contributed by atoms with Crippen LogP contribution in [0, 0.1) is 0 Å². The number of anilines is 2. The highest BCUT2D eigenvalue weighted by molar-refractivity contribution is 6.18. The number of aromatic nitrogens is 2. The van der Waals surface area contributed by atoms with Crippen molar-refractivity contribution in [2.75, 3.05) is 61.7 Å². The molecule has 0 aliphatic carbocycles. The number of benzene rings is 2. The van der Waals surface area contributed by atoms with E-state index >= 15 is 0 Å². The van der Waals surface area contributed by atoms with Crippen molar-refractivity contribution in [2.45, 2.75) is 0 Å². The molecule has 2 aromatic carbocycles. The van der Waals surface area contributed by atoms with Gasteiger partial charge in [-0.25, -0.2) is 9.59 Å². The van der Waals surface area contributed by atoms with E-state index in [1.165, 1.54) is 0 Å². The summed E-state index contributed by atoms with van der Waals surface area (Å²) in [6, 6.07) is 10.9. The van der Waals surface area contributed by atoms with E-state index in [0.717, 1.165) is 50.5 Å². The van der Waals surface area contributed by atoms with Gasteiger partial charge in [0.15, 0.2) is 11.2 Å². The highest BCUT2D eigenvalue weighted by Gasteiger charge is 2.15. The molecule has 1 saturated heterocycles. The van der Waals surface area contributed by atoms with E-state index in [-0.39, 0.29) is 0 Å². The summed E-state index contributed by atoms with van der Waals surface area (Å²) < 4.78 is 9.94. The van der Waals surface area contributed by atoms with E-state index in [1.54, 1.807) is 18.2 Å². The first kappa shape index (κ1) is 25.7. The standard InChI is InChI=1S/C11H13N3O2.C7H6N2O2.C4H9Cl2N/c15-11-13-8-2-1-3-9(10(8)16-11)14-6-4-12-5-7-14;8-4-2-1-3-5-6(4)11-7(10)9-5;5-1-3-7-4-2-6/h1-3,12H,4-7H2,(H,13,15);1-3H,8H2,(H,9,10);7H,1-4H2. The van der Waals surface area contributed by atoms with Crippen molar-refractivity contribution >= 4 is 56.8 Å². The third-order valence-corrected chi connectivity index (χ3v) is 5.28. The molecule has 4 aromatic rings. The van der Waals surface area contributed by atoms with Crippen LogP contribution in [0.4, 0.5) is 11.4 Å². The predicted molar refractivity (Wildman–Crippen MR) is 137 cm³/mol. The fourth-order valence-electron chi connectivity index (χ4n) is 3.37. The van der Waals surface area contributed by atoms with Gasteiger partial charge in [-0.1, -0.05) is 12.1 Å². The van der Waals surface area contributed by atoms with Crippen LogP contribution in [0.5, 0.6) is 0 Å². The largest absolute Gasteiger partial charge is 0.417 e. The molecule has 1 aliphatic heterocycles. The summed E-state index contributed by atoms with van der Waals surface area (Å²) in [4.78, 5) is 29.2. The summed E-state index contributed by atoms with van der Waals surface area (Å²) >= 11 is 10.7. The molecule has 1 fully saturated rings. The number of oxazole rings is 2. The molecule has 6 N–H and O–H groups in total. The second kappa shape index (κ2) is 13.1. The Kier molecular flexibility index (Phi) is 9.89. The number of rotatable bonds is 5. The summed E-state index contributed by atoms with van der Waals surface area (Å²) in [6.07, 6.45) is 0. The SMILES string of the molecule is ClCCNCCCl.Nc1cccc2[nH]c(=O)oc12.O=c1[nH]c2cccc(N3CCNCC3)c2o1. The normalized spacial score (nSPS) is 13.3. The third kappa shape index (κ3) is 7.04. The Labute approximate surface area is 205 Å². The Hall–Kier alpha value is -2.92. The van der Waals surface area contributed by atoms with Crippen LogP contribution in [0.1, 0.15) is 0 Å². The molecule has 2 aromatic heterocycles. The number of nitrogens with one attached hydrogen (secondary N) is 4. The van der Waals surface area contributed by atoms with Crippen molar-refractivity contribution < 1.29 is 8.83 Å². The number of H-pyrrole nitrogens is 2. The quantitative estimate of drug-likeness (QED) is 0.156. The van der Waals surface area contributed by atoms with E-state index in [1.807, 2.05) is 18.2 Å². The van der Waals surface area contributed by atoms with E-state index < -0.39 is 11.5 Å². The fourth-order valence-corrected chi connectivity index (χ4v) is 3.63. The number of nitrogens with two attached hydrogens (primary N) is 1. The van der Waals surface area contributed by atoms with Gasteiger partial charge in [0.2, 0.25) is 0 Å². The number of fused-ring (bicyclic) bond motifs is 2. The van der Waals surface area contributed by atoms with Gasteiger partial charge >= 0.3 is 11.5 Å². The third-order valence-electron chi connectivity index (χ3n) is 4.90. The molecule has 1 aliphatic rings. The Morgan fingerprint density at radius 2 is 1.44 bits per heavy atom. The number of para-hydroxylation sites is 2. The molecule has 3 heterocycles. The van der Waals surface area contributed by atoms with E-state index in [0.29, 0.717) is 34.1 Å². The second-order valence-electron chi connectivity index (χ2n) is 7.27. The predicted octanol–water partition coefficient (Wildman–Crippen LogP) is 2.29. The number of hydrogen-bond donors (Lipinski definition) is 5. The number of alkyl halides is 2. The molecule has 5 rings (SSSR count). The molecule has 34 heavy (non-hydrogen) atoms. The van der Waals surface area contributed by atoms with Crippen LogP contribution in [-0.4, -0.2) is 61.0 Å². The van der Waals surface area contributed by atoms with Gasteiger partial charge in [0, 0.05) is 51.0 Å². The smallest absolute Gasteiger partial charge is 0.406 e. The summed E-state index contributed by atoms with van der Waals surface area (Å²) in [5, 5.41) is 6.32. The van der Waals surface area contributed by atoms with Gasteiger partial charge < -0.3 is 30.1 Å². The molecule has 0 bridgehead atoms. The Morgan fingerprint density at radius 3 is 2.03 bits per heavy atom. The van der Waals surface area contributed by atoms with Crippen LogP contribution in [0.15, 0.2) is 54.8 Å². The lowest BCUT2D eigenvalue weighted by Gasteiger charge is -2.29. The Morgan fingerprint density at radius 1 is 0.882 bits per heavy atom. The number of halogens is 2. The van der Waals surface area contributed by atoms with Crippen molar-refractivity contribution in [3.05, 3.63) is 57.5 Å². The molecule has 0 radical (unpaired) electrons. The van der Waals surface area contributed by atoms with Gasteiger partial charge in [0.1, 0.15) is 0 Å². The maximum atomic E-state index is 11.2. The molecule has 0 spiro atoms. The zero-order valence-corrected chi connectivity index (χ0v) is 20.0. The van der Waals surface area contributed by atoms with Gasteiger partial charge in [0.25, 0.3) is 0 Å². The minimum atomic E-state index is -0.474. The van der Waals surface area contributed by atoms with E-state index in [4.69, 9.17) is 37.8 Å². The molecule has 0 atom stereocenters. The van der Waals surface area contributed by atoms with E-state index in [9.17, 15) is 9.59 Å². The van der Waals surface area contributed by atoms with E-state index in [2.05, 4.69) is 25.5 Å². The van der Waals surface area contributed by atoms with Crippen molar-refractivity contribution in [1.82, 2.24) is 20.6 Å². The summed E-state index contributed by atoms with van der Waals surface area (Å²) in [5.74, 6) is 0.462. The first-order valence-corrected chi connectivity index (χ1v) is 11.9. The molecular formula is C22H28Cl2N6O4. The number of nitrogens with zero attached hydrogens (tertiary/aromatic N) is 1. The second-order valence-corrected chi connectivity index (χ2v) is 8.03. The fraction of sp³-hybridized carbons (Fsp3) is 0.364. The zero-order chi connectivity index (χ0) is 24.3. The topological polar surface area (TPSA) is 145 Å². The summed E-state index contributed by atoms with van der Waals surface area (Å²) in [5.41, 5.74) is 9.48. The lowest BCUT2D eigenvalue weighted by molar-refractivity contribution is 0.548. The first-order valence-electron chi connectivity index (χ1n) is 10.8. The monoisotopic (exact) mass is 510 g/mol. The van der Waals surface area contributed by atoms with Crippen LogP contribution < -0.4 is 32.8 Å². The van der Waals surface area contributed by atoms with Gasteiger partial charge in [-0.05, 0) is 24.3 Å². The first-order chi connectivity index (χ1) is 16.5. The lowest BCUT2D eigenvalue weighted by atomic mass is 10.2. The average Bonchev–Trinajstić information content (AvgIpc) is 3.42. The zero-order valence-electron chi connectivity index (χ0n) is 18.5. The molecule has 0 amide bonds. The van der Waals surface area contributed by atoms with Crippen molar-refractivity contribution in [2.24, 2.45) is 0 Å². The Balaban J connectivity index is 0.000000157. The maximum absolute atomic E-state index is 11.2. The van der Waals surface area contributed by atoms with Crippen LogP contribution in [-0.2, 0) is 0 Å². The van der Waals surface area contributed by atoms with Gasteiger partial charge in [-0.3, -0.25) is 9.97 Å². The summed E-state index contributed by atoms with van der Waals surface area (Å²) in [7, 11) is 0. The number of aromatic amines is 2. The van der Waals surface area contributed by atoms with Crippen LogP contribution in [0.2, 0.25) is 0 Å². The number of piperazine rings is 1. The number of nitrogen functional groups attached to an aromatic ring is 1. The van der Waals surface area contributed by atoms with Crippen LogP contribution >= 0.6 is 23.2 Å². The Bertz CT molecular complexity index is 1270. The van der Waals surface area contributed by atoms with Crippen molar-refractivity contribution in [1.29, 1.82) is 0 Å².